The molecule has 0 spiro atoms. The Labute approximate surface area is 271 Å². The first-order valence-corrected chi connectivity index (χ1v) is 16.1. The summed E-state index contributed by atoms with van der Waals surface area (Å²) in [6, 6.07) is 17.4. The molecule has 0 bridgehead atoms. The van der Waals surface area contributed by atoms with Gasteiger partial charge in [0, 0.05) is 29.1 Å². The van der Waals surface area contributed by atoms with Crippen LogP contribution in [-0.2, 0) is 6.42 Å². The highest BCUT2D eigenvalue weighted by Gasteiger charge is 2.31. The van der Waals surface area contributed by atoms with E-state index in [9.17, 15) is 18.0 Å². The Morgan fingerprint density at radius 2 is 1.76 bits per heavy atom. The average Bonchev–Trinajstić information content (AvgIpc) is 3.47. The number of alkyl halides is 3. The second-order valence-corrected chi connectivity index (χ2v) is 12.7. The van der Waals surface area contributed by atoms with Gasteiger partial charge in [0.05, 0.1) is 5.69 Å². The molecule has 0 saturated carbocycles. The zero-order valence-electron chi connectivity index (χ0n) is 26.4. The molecule has 46 heavy (non-hydrogen) atoms. The van der Waals surface area contributed by atoms with Gasteiger partial charge in [-0.15, -0.1) is 18.3 Å². The minimum absolute atomic E-state index is 0.0795. The predicted molar refractivity (Wildman–Crippen MR) is 177 cm³/mol. The van der Waals surface area contributed by atoms with Gasteiger partial charge in [0.15, 0.2) is 11.0 Å². The summed E-state index contributed by atoms with van der Waals surface area (Å²) in [7, 11) is 0. The number of amidine groups is 1. The lowest BCUT2D eigenvalue weighted by Crippen LogP contribution is -2.43. The Morgan fingerprint density at radius 3 is 2.41 bits per heavy atom. The zero-order chi connectivity index (χ0) is 33.0. The number of nitrogens with one attached hydrogen (secondary N) is 1. The second kappa shape index (κ2) is 14.0. The molecule has 1 saturated heterocycles. The van der Waals surface area contributed by atoms with E-state index >= 15 is 0 Å². The van der Waals surface area contributed by atoms with Gasteiger partial charge in [0.1, 0.15) is 12.1 Å². The van der Waals surface area contributed by atoms with Gasteiger partial charge in [0.2, 0.25) is 0 Å². The molecule has 242 valence electrons. The van der Waals surface area contributed by atoms with E-state index in [0.29, 0.717) is 11.5 Å². The number of nitrogens with zero attached hydrogens (tertiary/aromatic N) is 5. The first-order chi connectivity index (χ1) is 21.9. The van der Waals surface area contributed by atoms with Crippen molar-refractivity contribution in [1.29, 1.82) is 0 Å². The normalized spacial score (nSPS) is 16.8. The standard InChI is InChI=1S/C34H37F3N6O2S/c1-21-18-22(2)30(23(3)19-21)43-25(5)16-17-46-33(43)40-32(44)39-24(4)6-7-26-8-10-27(11-9-26)31-38-20-42(41-31)28-12-14-29(15-13-28)45-34(35,36)37/h8-15,18-20,24-25H,6-7,16-17H2,1-5H3,(H,39,44)/b40-33-. The van der Waals surface area contributed by atoms with Crippen LogP contribution in [0.1, 0.15) is 48.9 Å². The van der Waals surface area contributed by atoms with Crippen LogP contribution >= 0.6 is 11.8 Å². The molecular formula is C34H37F3N6O2S. The molecule has 5 rings (SSSR count). The Bertz CT molecular complexity index is 1680. The van der Waals surface area contributed by atoms with Gasteiger partial charge in [-0.2, -0.15) is 4.99 Å². The molecule has 1 aliphatic heterocycles. The number of thioether (sulfide) groups is 1. The molecule has 2 unspecified atom stereocenters. The first kappa shape index (κ1) is 33.1. The number of carbonyl (C=O) groups excluding carboxylic acids is 1. The number of urea groups is 1. The quantitative estimate of drug-likeness (QED) is 0.207. The number of hydrogen-bond acceptors (Lipinski definition) is 5. The van der Waals surface area contributed by atoms with E-state index < -0.39 is 6.36 Å². The van der Waals surface area contributed by atoms with Crippen LogP contribution < -0.4 is 15.0 Å². The van der Waals surface area contributed by atoms with E-state index in [1.165, 1.54) is 52.0 Å². The zero-order valence-corrected chi connectivity index (χ0v) is 27.2. The summed E-state index contributed by atoms with van der Waals surface area (Å²) in [5.41, 5.74) is 7.16. The monoisotopic (exact) mass is 650 g/mol. The fourth-order valence-electron chi connectivity index (χ4n) is 5.59. The number of aryl methyl sites for hydroxylation is 4. The Morgan fingerprint density at radius 1 is 1.09 bits per heavy atom. The maximum atomic E-state index is 13.0. The number of rotatable bonds is 8. The number of aromatic nitrogens is 3. The van der Waals surface area contributed by atoms with Gasteiger partial charge < -0.3 is 15.0 Å². The number of hydrogen-bond donors (Lipinski definition) is 1. The van der Waals surface area contributed by atoms with Gasteiger partial charge in [-0.05, 0) is 94.8 Å². The van der Waals surface area contributed by atoms with Crippen molar-refractivity contribution in [1.82, 2.24) is 20.1 Å². The fourth-order valence-corrected chi connectivity index (χ4v) is 6.79. The van der Waals surface area contributed by atoms with Gasteiger partial charge in [-0.25, -0.2) is 14.5 Å². The number of anilines is 1. The van der Waals surface area contributed by atoms with Crippen LogP contribution in [0.25, 0.3) is 17.1 Å². The van der Waals surface area contributed by atoms with Crippen LogP contribution in [0.15, 0.2) is 72.0 Å². The summed E-state index contributed by atoms with van der Waals surface area (Å²) < 4.78 is 42.7. The van der Waals surface area contributed by atoms with Gasteiger partial charge in [-0.3, -0.25) is 0 Å². The number of aliphatic imine (C=N–C) groups is 1. The van der Waals surface area contributed by atoms with Crippen LogP contribution in [0.3, 0.4) is 0 Å². The van der Waals surface area contributed by atoms with Crippen molar-refractivity contribution >= 4 is 28.6 Å². The molecule has 2 heterocycles. The molecular weight excluding hydrogens is 613 g/mol. The molecule has 0 radical (unpaired) electrons. The Kier molecular flexibility index (Phi) is 10.0. The lowest BCUT2D eigenvalue weighted by Gasteiger charge is -2.37. The summed E-state index contributed by atoms with van der Waals surface area (Å²) in [4.78, 5) is 24.1. The molecule has 4 aromatic rings. The Hall–Kier alpha value is -4.32. The molecule has 1 aliphatic rings. The highest BCUT2D eigenvalue weighted by atomic mass is 32.2. The van der Waals surface area contributed by atoms with Crippen molar-refractivity contribution in [2.45, 2.75) is 72.3 Å². The van der Waals surface area contributed by atoms with Gasteiger partial charge in [0.25, 0.3) is 0 Å². The van der Waals surface area contributed by atoms with Crippen LogP contribution in [0.2, 0.25) is 0 Å². The SMILES string of the molecule is Cc1cc(C)c(N2/C(=N/C(=O)NC(C)CCc3ccc(-c4ncn(-c5ccc(OC(F)(F)F)cc5)n4)cc3)SCCC2C)c(C)c1. The molecule has 1 aromatic heterocycles. The summed E-state index contributed by atoms with van der Waals surface area (Å²) >= 11 is 1.62. The van der Waals surface area contributed by atoms with E-state index in [0.717, 1.165) is 47.0 Å². The third kappa shape index (κ3) is 8.28. The highest BCUT2D eigenvalue weighted by Crippen LogP contribution is 2.34. The van der Waals surface area contributed by atoms with E-state index in [2.05, 4.69) is 69.9 Å². The molecule has 0 aliphatic carbocycles. The van der Waals surface area contributed by atoms with Crippen LogP contribution in [0.5, 0.6) is 5.75 Å². The molecule has 8 nitrogen and oxygen atoms in total. The van der Waals surface area contributed by atoms with Crippen LogP contribution in [0.4, 0.5) is 23.7 Å². The van der Waals surface area contributed by atoms with Crippen molar-refractivity contribution in [3.63, 3.8) is 0 Å². The smallest absolute Gasteiger partial charge is 0.406 e. The second-order valence-electron chi connectivity index (χ2n) is 11.6. The minimum atomic E-state index is -4.74. The third-order valence-corrected chi connectivity index (χ3v) is 8.75. The lowest BCUT2D eigenvalue weighted by molar-refractivity contribution is -0.274. The molecule has 2 atom stereocenters. The van der Waals surface area contributed by atoms with Crippen LogP contribution in [-0.4, -0.2) is 50.2 Å². The Balaban J connectivity index is 1.16. The number of carbonyl (C=O) groups is 1. The van der Waals surface area contributed by atoms with E-state index in [-0.39, 0.29) is 23.9 Å². The van der Waals surface area contributed by atoms with Crippen molar-refractivity contribution in [2.75, 3.05) is 10.7 Å². The van der Waals surface area contributed by atoms with Gasteiger partial charge >= 0.3 is 12.4 Å². The van der Waals surface area contributed by atoms with Crippen molar-refractivity contribution in [3.05, 3.63) is 89.2 Å². The summed E-state index contributed by atoms with van der Waals surface area (Å²) in [6.07, 6.45) is -0.730. The van der Waals surface area contributed by atoms with Crippen molar-refractivity contribution in [2.24, 2.45) is 4.99 Å². The van der Waals surface area contributed by atoms with E-state index in [1.54, 1.807) is 11.8 Å². The highest BCUT2D eigenvalue weighted by molar-refractivity contribution is 8.14. The largest absolute Gasteiger partial charge is 0.573 e. The fraction of sp³-hybridized carbons (Fsp3) is 0.353. The van der Waals surface area contributed by atoms with Gasteiger partial charge in [-0.1, -0.05) is 53.7 Å². The molecule has 12 heteroatoms. The molecule has 1 N–H and O–H groups in total. The van der Waals surface area contributed by atoms with E-state index in [4.69, 9.17) is 0 Å². The van der Waals surface area contributed by atoms with Crippen molar-refractivity contribution in [3.8, 4) is 22.8 Å². The van der Waals surface area contributed by atoms with E-state index in [1.807, 2.05) is 31.2 Å². The maximum Gasteiger partial charge on any atom is 0.573 e. The summed E-state index contributed by atoms with van der Waals surface area (Å²) in [5, 5.41) is 8.23. The third-order valence-electron chi connectivity index (χ3n) is 7.76. The maximum absolute atomic E-state index is 13.0. The van der Waals surface area contributed by atoms with Crippen LogP contribution in [0, 0.1) is 20.8 Å². The molecule has 1 fully saturated rings. The number of amides is 2. The molecule has 2 amide bonds. The minimum Gasteiger partial charge on any atom is -0.406 e. The summed E-state index contributed by atoms with van der Waals surface area (Å²) in [6.45, 7) is 10.5. The van der Waals surface area contributed by atoms with Crippen molar-refractivity contribution < 1.29 is 22.7 Å². The average molecular weight is 651 g/mol. The summed E-state index contributed by atoms with van der Waals surface area (Å²) in [5.74, 6) is 1.10. The molecule has 3 aromatic carbocycles. The predicted octanol–water partition coefficient (Wildman–Crippen LogP) is 8.18. The number of benzene rings is 3. The first-order valence-electron chi connectivity index (χ1n) is 15.1. The topological polar surface area (TPSA) is 84.6 Å². The number of halogens is 3. The lowest BCUT2D eigenvalue weighted by atomic mass is 10.0. The number of ether oxygens (including phenoxy) is 1.